The number of hydrogen-bond acceptors (Lipinski definition) is 7. The molecule has 0 aliphatic rings. The van der Waals surface area contributed by atoms with Crippen LogP contribution in [0.15, 0.2) is 47.9 Å². The van der Waals surface area contributed by atoms with Crippen molar-refractivity contribution < 1.29 is 32.9 Å². The summed E-state index contributed by atoms with van der Waals surface area (Å²) in [6, 6.07) is 8.97. The summed E-state index contributed by atoms with van der Waals surface area (Å²) in [5, 5.41) is 20.3. The van der Waals surface area contributed by atoms with Gasteiger partial charge in [-0.05, 0) is 47.5 Å². The minimum Gasteiger partial charge on any atom is -0.504 e. The lowest BCUT2D eigenvalue weighted by Gasteiger charge is -2.03. The van der Waals surface area contributed by atoms with Gasteiger partial charge in [0.05, 0.1) is 14.2 Å². The molecule has 0 spiro atoms. The van der Waals surface area contributed by atoms with E-state index in [0.29, 0.717) is 16.9 Å². The quantitative estimate of drug-likeness (QED) is 0.651. The van der Waals surface area contributed by atoms with Gasteiger partial charge in [-0.25, -0.2) is 8.42 Å². The first-order valence-corrected chi connectivity index (χ1v) is 9.81. The van der Waals surface area contributed by atoms with Crippen LogP contribution in [0.4, 0.5) is 0 Å². The molecule has 0 saturated heterocycles. The lowest BCUT2D eigenvalue weighted by Crippen LogP contribution is -2.11. The second kappa shape index (κ2) is 9.09. The normalized spacial score (nSPS) is 11.8. The Morgan fingerprint density at radius 1 is 0.929 bits per heavy atom. The third-order valence-corrected chi connectivity index (χ3v) is 4.92. The van der Waals surface area contributed by atoms with Crippen molar-refractivity contribution in [2.45, 2.75) is 0 Å². The summed E-state index contributed by atoms with van der Waals surface area (Å²) in [7, 11) is -0.974. The van der Waals surface area contributed by atoms with Crippen LogP contribution in [-0.4, -0.2) is 44.4 Å². The zero-order chi connectivity index (χ0) is 20.7. The molecule has 2 N–H and O–H groups in total. The van der Waals surface area contributed by atoms with Gasteiger partial charge < -0.3 is 19.7 Å². The van der Waals surface area contributed by atoms with Crippen molar-refractivity contribution in [3.8, 4) is 23.0 Å². The van der Waals surface area contributed by atoms with E-state index in [9.17, 15) is 23.4 Å². The first-order chi connectivity index (χ1) is 13.2. The maximum atomic E-state index is 12.1. The van der Waals surface area contributed by atoms with Gasteiger partial charge in [-0.15, -0.1) is 0 Å². The molecular formula is C20H20O7S. The van der Waals surface area contributed by atoms with E-state index in [1.54, 1.807) is 12.1 Å². The number of carbonyl (C=O) groups is 1. The van der Waals surface area contributed by atoms with Crippen molar-refractivity contribution in [1.82, 2.24) is 0 Å². The van der Waals surface area contributed by atoms with Crippen molar-refractivity contribution in [1.29, 1.82) is 0 Å². The fraction of sp³-hybridized carbons (Fsp3) is 0.150. The number of methoxy groups -OCH3 is 2. The van der Waals surface area contributed by atoms with Crippen LogP contribution < -0.4 is 9.47 Å². The number of benzene rings is 2. The molecule has 2 rings (SSSR count). The molecule has 0 atom stereocenters. The Labute approximate surface area is 163 Å². The van der Waals surface area contributed by atoms with Crippen LogP contribution >= 0.6 is 0 Å². The number of phenolic OH excluding ortho intramolecular Hbond substituents is 2. The van der Waals surface area contributed by atoms with E-state index >= 15 is 0 Å². The monoisotopic (exact) mass is 404 g/mol. The van der Waals surface area contributed by atoms with Crippen LogP contribution in [0.1, 0.15) is 11.1 Å². The second-order valence-corrected chi connectivity index (χ2v) is 7.66. The van der Waals surface area contributed by atoms with E-state index in [-0.39, 0.29) is 17.2 Å². The smallest absolute Gasteiger partial charge is 0.179 e. The molecule has 28 heavy (non-hydrogen) atoms. The molecule has 0 heterocycles. The summed E-state index contributed by atoms with van der Waals surface area (Å²) in [5.74, 6) is -0.966. The number of ether oxygens (including phenoxy) is 2. The van der Waals surface area contributed by atoms with Gasteiger partial charge in [-0.3, -0.25) is 4.79 Å². The van der Waals surface area contributed by atoms with Gasteiger partial charge in [0.15, 0.2) is 38.6 Å². The van der Waals surface area contributed by atoms with E-state index in [0.717, 1.165) is 11.5 Å². The van der Waals surface area contributed by atoms with E-state index in [1.165, 1.54) is 50.6 Å². The van der Waals surface area contributed by atoms with Gasteiger partial charge in [0.25, 0.3) is 0 Å². The molecule has 0 aromatic heterocycles. The molecule has 0 radical (unpaired) electrons. The lowest BCUT2D eigenvalue weighted by molar-refractivity contribution is -0.112. The molecule has 0 fully saturated rings. The highest BCUT2D eigenvalue weighted by atomic mass is 32.2. The summed E-state index contributed by atoms with van der Waals surface area (Å²) in [5.41, 5.74) is 0.965. The number of allylic oxidation sites excluding steroid dienone is 1. The zero-order valence-electron chi connectivity index (χ0n) is 15.3. The number of carbonyl (C=O) groups excluding carboxylic acids is 1. The predicted molar refractivity (Wildman–Crippen MR) is 106 cm³/mol. The van der Waals surface area contributed by atoms with Crippen molar-refractivity contribution in [2.75, 3.05) is 20.0 Å². The van der Waals surface area contributed by atoms with Gasteiger partial charge in [0.1, 0.15) is 5.75 Å². The molecule has 2 aromatic rings. The predicted octanol–water partition coefficient (Wildman–Crippen LogP) is 2.78. The molecule has 0 saturated carbocycles. The average molecular weight is 404 g/mol. The Balaban J connectivity index is 2.03. The summed E-state index contributed by atoms with van der Waals surface area (Å²) in [4.78, 5) is 11.9. The van der Waals surface area contributed by atoms with E-state index in [4.69, 9.17) is 9.47 Å². The fourth-order valence-electron chi connectivity index (χ4n) is 2.29. The zero-order valence-corrected chi connectivity index (χ0v) is 16.1. The highest BCUT2D eigenvalue weighted by Crippen LogP contribution is 2.27. The molecule has 0 bridgehead atoms. The minimum atomic E-state index is -3.79. The SMILES string of the molecule is COc1ccc(/C=C\C(=O)CS(=O)(=O)/C=C/c2ccc(OC)c(O)c2)cc1O. The van der Waals surface area contributed by atoms with Crippen LogP contribution in [0.5, 0.6) is 23.0 Å². The van der Waals surface area contributed by atoms with Crippen LogP contribution in [-0.2, 0) is 14.6 Å². The van der Waals surface area contributed by atoms with Gasteiger partial charge in [0, 0.05) is 5.41 Å². The summed E-state index contributed by atoms with van der Waals surface area (Å²) in [6.45, 7) is 0. The van der Waals surface area contributed by atoms with Gasteiger partial charge in [-0.1, -0.05) is 18.2 Å². The topological polar surface area (TPSA) is 110 Å². The number of ketones is 1. The lowest BCUT2D eigenvalue weighted by atomic mass is 10.2. The van der Waals surface area contributed by atoms with Crippen LogP contribution in [0, 0.1) is 0 Å². The number of rotatable bonds is 8. The molecule has 0 amide bonds. The maximum absolute atomic E-state index is 12.1. The Morgan fingerprint density at radius 2 is 1.43 bits per heavy atom. The molecule has 0 aliphatic heterocycles. The van der Waals surface area contributed by atoms with Crippen molar-refractivity contribution in [3.63, 3.8) is 0 Å². The summed E-state index contributed by atoms with van der Waals surface area (Å²) < 4.78 is 34.0. The Hall–Kier alpha value is -3.26. The number of hydrogen-bond donors (Lipinski definition) is 2. The first kappa shape index (κ1) is 21.0. The average Bonchev–Trinajstić information content (AvgIpc) is 2.64. The van der Waals surface area contributed by atoms with Crippen LogP contribution in [0.25, 0.3) is 12.2 Å². The summed E-state index contributed by atoms with van der Waals surface area (Å²) in [6.07, 6.45) is 3.82. The molecule has 148 valence electrons. The molecule has 0 aliphatic carbocycles. The Kier molecular flexibility index (Phi) is 6.84. The molecule has 2 aromatic carbocycles. The number of aromatic hydroxyl groups is 2. The highest BCUT2D eigenvalue weighted by molar-refractivity contribution is 7.95. The van der Waals surface area contributed by atoms with Crippen molar-refractivity contribution in [3.05, 3.63) is 59.0 Å². The second-order valence-electron chi connectivity index (χ2n) is 5.77. The molecular weight excluding hydrogens is 384 g/mol. The van der Waals surface area contributed by atoms with Crippen LogP contribution in [0.3, 0.4) is 0 Å². The van der Waals surface area contributed by atoms with Crippen molar-refractivity contribution >= 4 is 27.8 Å². The van der Waals surface area contributed by atoms with Crippen molar-refractivity contribution in [2.24, 2.45) is 0 Å². The maximum Gasteiger partial charge on any atom is 0.179 e. The highest BCUT2D eigenvalue weighted by Gasteiger charge is 2.12. The van der Waals surface area contributed by atoms with Crippen LogP contribution in [0.2, 0.25) is 0 Å². The van der Waals surface area contributed by atoms with E-state index < -0.39 is 21.4 Å². The van der Waals surface area contributed by atoms with E-state index in [2.05, 4.69) is 0 Å². The third-order valence-electron chi connectivity index (χ3n) is 3.68. The number of phenols is 2. The standard InChI is InChI=1S/C20H20O7S/c1-26-19-7-4-14(11-17(19)22)3-6-16(21)13-28(24,25)10-9-15-5-8-20(27-2)18(23)12-15/h3-12,22-23H,13H2,1-2H3/b6-3-,10-9+. The third kappa shape index (κ3) is 5.88. The van der Waals surface area contributed by atoms with Gasteiger partial charge in [0.2, 0.25) is 0 Å². The molecule has 8 heteroatoms. The first-order valence-electron chi connectivity index (χ1n) is 8.10. The molecule has 0 unspecified atom stereocenters. The van der Waals surface area contributed by atoms with Gasteiger partial charge >= 0.3 is 0 Å². The van der Waals surface area contributed by atoms with E-state index in [1.807, 2.05) is 0 Å². The molecule has 7 nitrogen and oxygen atoms in total. The Bertz CT molecular complexity index is 1020. The Morgan fingerprint density at radius 3 is 1.89 bits per heavy atom. The largest absolute Gasteiger partial charge is 0.504 e. The number of sulfone groups is 1. The fourth-order valence-corrected chi connectivity index (χ4v) is 3.24. The minimum absolute atomic E-state index is 0.0876. The summed E-state index contributed by atoms with van der Waals surface area (Å²) >= 11 is 0. The van der Waals surface area contributed by atoms with Gasteiger partial charge in [-0.2, -0.15) is 0 Å².